The number of amides is 1. The highest BCUT2D eigenvalue weighted by molar-refractivity contribution is 7.80. The molecule has 1 aliphatic heterocycles. The van der Waals surface area contributed by atoms with Crippen LogP contribution in [0, 0.1) is 6.92 Å². The SMILES string of the molecule is COc1cc(/C=C2\NC(=S)N(C3CCCCC3)C2=O)ccc1OCc1ccc(C)cc1. The Balaban J connectivity index is 1.48. The molecule has 0 atom stereocenters. The number of aryl methyl sites for hydroxylation is 1. The molecule has 2 aliphatic rings. The fourth-order valence-electron chi connectivity index (χ4n) is 4.12. The Bertz CT molecular complexity index is 994. The minimum Gasteiger partial charge on any atom is -0.493 e. The number of hydrogen-bond acceptors (Lipinski definition) is 4. The summed E-state index contributed by atoms with van der Waals surface area (Å²) in [5, 5.41) is 3.61. The topological polar surface area (TPSA) is 50.8 Å². The maximum Gasteiger partial charge on any atom is 0.276 e. The lowest BCUT2D eigenvalue weighted by Gasteiger charge is -2.29. The van der Waals surface area contributed by atoms with Crippen molar-refractivity contribution >= 4 is 29.3 Å². The number of carbonyl (C=O) groups excluding carboxylic acids is 1. The molecular formula is C25H28N2O3S. The Labute approximate surface area is 189 Å². The molecule has 6 heteroatoms. The third kappa shape index (κ3) is 4.90. The van der Waals surface area contributed by atoms with Crippen LogP contribution in [-0.2, 0) is 11.4 Å². The zero-order valence-electron chi connectivity index (χ0n) is 18.0. The van der Waals surface area contributed by atoms with E-state index in [0.29, 0.717) is 28.9 Å². The van der Waals surface area contributed by atoms with Crippen LogP contribution in [0.1, 0.15) is 48.8 Å². The highest BCUT2D eigenvalue weighted by Gasteiger charge is 2.36. The van der Waals surface area contributed by atoms with Gasteiger partial charge in [0.15, 0.2) is 16.6 Å². The summed E-state index contributed by atoms with van der Waals surface area (Å²) in [7, 11) is 1.61. The standard InChI is InChI=1S/C25H28N2O3S/c1-17-8-10-18(11-9-17)16-30-22-13-12-19(15-23(22)29-2)14-21-24(28)27(25(31)26-21)20-6-4-3-5-7-20/h8-15,20H,3-7,16H2,1-2H3,(H,26,31)/b21-14-. The molecule has 1 amide bonds. The van der Waals surface area contributed by atoms with Gasteiger partial charge >= 0.3 is 0 Å². The molecule has 0 aromatic heterocycles. The van der Waals surface area contributed by atoms with Crippen LogP contribution in [0.2, 0.25) is 0 Å². The third-order valence-corrected chi connectivity index (χ3v) is 6.16. The van der Waals surface area contributed by atoms with Crippen LogP contribution in [0.4, 0.5) is 0 Å². The number of ether oxygens (including phenoxy) is 2. The molecule has 0 bridgehead atoms. The predicted octanol–water partition coefficient (Wildman–Crippen LogP) is 4.97. The van der Waals surface area contributed by atoms with Crippen molar-refractivity contribution in [3.63, 3.8) is 0 Å². The van der Waals surface area contributed by atoms with Crippen molar-refractivity contribution in [2.24, 2.45) is 0 Å². The maximum atomic E-state index is 13.0. The summed E-state index contributed by atoms with van der Waals surface area (Å²) >= 11 is 5.46. The number of benzene rings is 2. The fraction of sp³-hybridized carbons (Fsp3) is 0.360. The van der Waals surface area contributed by atoms with Crippen molar-refractivity contribution in [3.8, 4) is 11.5 Å². The van der Waals surface area contributed by atoms with Crippen LogP contribution < -0.4 is 14.8 Å². The molecule has 2 fully saturated rings. The number of carbonyl (C=O) groups is 1. The summed E-state index contributed by atoms with van der Waals surface area (Å²) < 4.78 is 11.5. The van der Waals surface area contributed by atoms with Crippen molar-refractivity contribution in [2.75, 3.05) is 7.11 Å². The van der Waals surface area contributed by atoms with E-state index in [9.17, 15) is 4.79 Å². The van der Waals surface area contributed by atoms with Gasteiger partial charge in [0, 0.05) is 6.04 Å². The van der Waals surface area contributed by atoms with Crippen LogP contribution in [0.25, 0.3) is 6.08 Å². The average Bonchev–Trinajstić information content (AvgIpc) is 3.07. The van der Waals surface area contributed by atoms with Gasteiger partial charge in [-0.25, -0.2) is 0 Å². The Morgan fingerprint density at radius 1 is 1.10 bits per heavy atom. The smallest absolute Gasteiger partial charge is 0.276 e. The molecule has 4 rings (SSSR count). The van der Waals surface area contributed by atoms with Crippen LogP contribution in [-0.4, -0.2) is 29.1 Å². The molecule has 2 aromatic rings. The Hall–Kier alpha value is -2.86. The molecule has 0 radical (unpaired) electrons. The fourth-order valence-corrected chi connectivity index (χ4v) is 4.47. The van der Waals surface area contributed by atoms with Crippen LogP contribution >= 0.6 is 12.2 Å². The van der Waals surface area contributed by atoms with Gasteiger partial charge in [-0.15, -0.1) is 0 Å². The molecule has 1 heterocycles. The van der Waals surface area contributed by atoms with Gasteiger partial charge in [-0.05, 0) is 61.3 Å². The molecule has 1 N–H and O–H groups in total. The first-order valence-electron chi connectivity index (χ1n) is 10.8. The molecule has 1 aliphatic carbocycles. The van der Waals surface area contributed by atoms with E-state index in [-0.39, 0.29) is 11.9 Å². The van der Waals surface area contributed by atoms with Crippen LogP contribution in [0.5, 0.6) is 11.5 Å². The largest absolute Gasteiger partial charge is 0.493 e. The summed E-state index contributed by atoms with van der Waals surface area (Å²) in [6, 6.07) is 14.1. The minimum atomic E-state index is -0.0458. The zero-order valence-corrected chi connectivity index (χ0v) is 18.8. The van der Waals surface area contributed by atoms with Gasteiger partial charge in [0.1, 0.15) is 12.3 Å². The summed E-state index contributed by atoms with van der Waals surface area (Å²) in [6.45, 7) is 2.52. The van der Waals surface area contributed by atoms with E-state index in [1.54, 1.807) is 12.0 Å². The Morgan fingerprint density at radius 2 is 1.84 bits per heavy atom. The quantitative estimate of drug-likeness (QED) is 0.512. The van der Waals surface area contributed by atoms with E-state index in [2.05, 4.69) is 36.5 Å². The molecule has 5 nitrogen and oxygen atoms in total. The Morgan fingerprint density at radius 3 is 2.55 bits per heavy atom. The van der Waals surface area contributed by atoms with Crippen molar-refractivity contribution < 1.29 is 14.3 Å². The van der Waals surface area contributed by atoms with E-state index in [1.807, 2.05) is 24.3 Å². The number of nitrogens with zero attached hydrogens (tertiary/aromatic N) is 1. The number of thiocarbonyl (C=S) groups is 1. The minimum absolute atomic E-state index is 0.0458. The van der Waals surface area contributed by atoms with E-state index >= 15 is 0 Å². The average molecular weight is 437 g/mol. The third-order valence-electron chi connectivity index (χ3n) is 5.86. The molecule has 31 heavy (non-hydrogen) atoms. The second-order valence-electron chi connectivity index (χ2n) is 8.14. The molecule has 162 valence electrons. The summed E-state index contributed by atoms with van der Waals surface area (Å²) in [4.78, 5) is 14.7. The molecule has 2 aromatic carbocycles. The molecule has 0 spiro atoms. The number of methoxy groups -OCH3 is 1. The van der Waals surface area contributed by atoms with Crippen LogP contribution in [0.15, 0.2) is 48.2 Å². The first kappa shape index (κ1) is 21.4. The van der Waals surface area contributed by atoms with Crippen molar-refractivity contribution in [2.45, 2.75) is 51.7 Å². The summed E-state index contributed by atoms with van der Waals surface area (Å²) in [5.74, 6) is 1.24. The highest BCUT2D eigenvalue weighted by Crippen LogP contribution is 2.31. The second kappa shape index (κ2) is 9.52. The maximum absolute atomic E-state index is 13.0. The molecule has 1 saturated heterocycles. The lowest BCUT2D eigenvalue weighted by atomic mass is 9.94. The van der Waals surface area contributed by atoms with Gasteiger partial charge in [-0.2, -0.15) is 0 Å². The lowest BCUT2D eigenvalue weighted by molar-refractivity contribution is -0.124. The Kier molecular flexibility index (Phi) is 6.56. The molecule has 1 saturated carbocycles. The van der Waals surface area contributed by atoms with Crippen LogP contribution in [0.3, 0.4) is 0 Å². The van der Waals surface area contributed by atoms with Crippen molar-refractivity contribution in [3.05, 3.63) is 64.9 Å². The normalized spacial score (nSPS) is 18.4. The molecule has 0 unspecified atom stereocenters. The van der Waals surface area contributed by atoms with E-state index in [0.717, 1.165) is 36.8 Å². The molecular weight excluding hydrogens is 408 g/mol. The van der Waals surface area contributed by atoms with Gasteiger partial charge in [-0.3, -0.25) is 9.69 Å². The first-order valence-corrected chi connectivity index (χ1v) is 11.2. The first-order chi connectivity index (χ1) is 15.0. The zero-order chi connectivity index (χ0) is 21.8. The van der Waals surface area contributed by atoms with Gasteiger partial charge in [-0.1, -0.05) is 55.2 Å². The van der Waals surface area contributed by atoms with Crippen molar-refractivity contribution in [1.82, 2.24) is 10.2 Å². The number of nitrogens with one attached hydrogen (secondary N) is 1. The monoisotopic (exact) mass is 436 g/mol. The lowest BCUT2D eigenvalue weighted by Crippen LogP contribution is -2.41. The summed E-state index contributed by atoms with van der Waals surface area (Å²) in [5.41, 5.74) is 3.67. The highest BCUT2D eigenvalue weighted by atomic mass is 32.1. The number of rotatable bonds is 6. The van der Waals surface area contributed by atoms with E-state index in [4.69, 9.17) is 21.7 Å². The van der Waals surface area contributed by atoms with Gasteiger partial charge < -0.3 is 14.8 Å². The van der Waals surface area contributed by atoms with Gasteiger partial charge in [0.2, 0.25) is 0 Å². The van der Waals surface area contributed by atoms with Gasteiger partial charge in [0.25, 0.3) is 5.91 Å². The predicted molar refractivity (Wildman–Crippen MR) is 126 cm³/mol. The second-order valence-corrected chi connectivity index (χ2v) is 8.53. The summed E-state index contributed by atoms with van der Waals surface area (Å²) in [6.07, 6.45) is 7.39. The number of hydrogen-bond donors (Lipinski definition) is 1. The van der Waals surface area contributed by atoms with E-state index < -0.39 is 0 Å². The van der Waals surface area contributed by atoms with Gasteiger partial charge in [0.05, 0.1) is 7.11 Å². The van der Waals surface area contributed by atoms with Crippen molar-refractivity contribution in [1.29, 1.82) is 0 Å². The van der Waals surface area contributed by atoms with E-state index in [1.165, 1.54) is 12.0 Å².